The summed E-state index contributed by atoms with van der Waals surface area (Å²) in [6, 6.07) is 14.8. The number of quaternary nitrogens is 1. The first-order valence-corrected chi connectivity index (χ1v) is 18.6. The Morgan fingerprint density at radius 3 is 2.72 bits per heavy atom. The van der Waals surface area contributed by atoms with E-state index >= 15 is 8.78 Å². The number of alkyl halides is 1. The van der Waals surface area contributed by atoms with E-state index in [-0.39, 0.29) is 33.8 Å². The van der Waals surface area contributed by atoms with Gasteiger partial charge in [-0.15, -0.1) is 0 Å². The number of phenols is 1. The Labute approximate surface area is 290 Å². The molecule has 50 heavy (non-hydrogen) atoms. The molecule has 4 aromatic rings. The van der Waals surface area contributed by atoms with Crippen molar-refractivity contribution in [2.24, 2.45) is 5.41 Å². The highest BCUT2D eigenvalue weighted by molar-refractivity contribution is 6.05. The number of ether oxygens (including phenoxy) is 1. The van der Waals surface area contributed by atoms with E-state index in [1.54, 1.807) is 18.2 Å². The van der Waals surface area contributed by atoms with E-state index in [1.165, 1.54) is 0 Å². The second-order valence-electron chi connectivity index (χ2n) is 16.4. The lowest BCUT2D eigenvalue weighted by atomic mass is 9.59. The largest absolute Gasteiger partial charge is 0.508 e. The van der Waals surface area contributed by atoms with Crippen LogP contribution in [0.5, 0.6) is 11.8 Å². The zero-order valence-electron chi connectivity index (χ0n) is 28.5. The van der Waals surface area contributed by atoms with Crippen LogP contribution in [0.3, 0.4) is 0 Å². The molecule has 10 heteroatoms. The molecule has 5 aliphatic heterocycles. The molecule has 3 aromatic carbocycles. The van der Waals surface area contributed by atoms with Gasteiger partial charge >= 0.3 is 6.01 Å². The maximum absolute atomic E-state index is 17.5. The van der Waals surface area contributed by atoms with Crippen molar-refractivity contribution < 1.29 is 23.1 Å². The molecule has 0 amide bonds. The normalized spacial score (nSPS) is 32.8. The van der Waals surface area contributed by atoms with Gasteiger partial charge in [-0.3, -0.25) is 0 Å². The van der Waals surface area contributed by atoms with E-state index < -0.39 is 12.0 Å². The predicted molar refractivity (Wildman–Crippen MR) is 187 cm³/mol. The molecule has 1 saturated carbocycles. The first-order valence-electron chi connectivity index (χ1n) is 18.6. The van der Waals surface area contributed by atoms with Gasteiger partial charge in [-0.05, 0) is 97.9 Å². The van der Waals surface area contributed by atoms with Gasteiger partial charge in [0.05, 0.1) is 36.1 Å². The Bertz CT molecular complexity index is 2100. The summed E-state index contributed by atoms with van der Waals surface area (Å²) in [5.74, 6) is 0.328. The number of halogens is 2. The Morgan fingerprint density at radius 2 is 1.96 bits per heavy atom. The zero-order chi connectivity index (χ0) is 33.9. The van der Waals surface area contributed by atoms with E-state index in [4.69, 9.17) is 14.7 Å². The predicted octanol–water partition coefficient (Wildman–Crippen LogP) is 6.86. The van der Waals surface area contributed by atoms with Crippen LogP contribution in [0.4, 0.5) is 14.6 Å². The molecule has 7 atom stereocenters. The van der Waals surface area contributed by atoms with E-state index in [0.717, 1.165) is 72.3 Å². The van der Waals surface area contributed by atoms with Crippen molar-refractivity contribution in [1.82, 2.24) is 15.3 Å². The number of hydrogen-bond donors (Lipinski definition) is 2. The minimum atomic E-state index is -0.871. The summed E-state index contributed by atoms with van der Waals surface area (Å²) in [6.07, 6.45) is 6.86. The number of benzene rings is 3. The average Bonchev–Trinajstić information content (AvgIpc) is 3.89. The fraction of sp³-hybridized carbons (Fsp3) is 0.525. The first kappa shape index (κ1) is 30.7. The molecule has 1 aromatic heterocycles. The summed E-state index contributed by atoms with van der Waals surface area (Å²) in [6.45, 7) is 5.60. The third-order valence-electron chi connectivity index (χ3n) is 13.5. The van der Waals surface area contributed by atoms with E-state index in [1.807, 2.05) is 12.1 Å². The van der Waals surface area contributed by atoms with Crippen molar-refractivity contribution in [1.29, 1.82) is 5.26 Å². The molecule has 0 spiro atoms. The van der Waals surface area contributed by atoms with Crippen LogP contribution in [0.25, 0.3) is 32.8 Å². The van der Waals surface area contributed by atoms with Gasteiger partial charge in [-0.25, -0.2) is 8.78 Å². The third kappa shape index (κ3) is 4.51. The zero-order valence-corrected chi connectivity index (χ0v) is 28.5. The number of phenolic OH excluding ortho intramolecular Hbond substituents is 1. The van der Waals surface area contributed by atoms with Gasteiger partial charge in [-0.2, -0.15) is 15.2 Å². The molecule has 6 unspecified atom stereocenters. The number of nitrogens with zero attached hydrogens (tertiary/aromatic N) is 5. The highest BCUT2D eigenvalue weighted by Gasteiger charge is 2.68. The summed E-state index contributed by atoms with van der Waals surface area (Å²) in [5.41, 5.74) is 1.70. The van der Waals surface area contributed by atoms with E-state index in [0.29, 0.717) is 79.5 Å². The lowest BCUT2D eigenvalue weighted by molar-refractivity contribution is -1.03. The summed E-state index contributed by atoms with van der Waals surface area (Å²) < 4.78 is 40.3. The summed E-state index contributed by atoms with van der Waals surface area (Å²) in [5, 5.41) is 27.2. The lowest BCUT2D eigenvalue weighted by Crippen LogP contribution is -2.81. The standard InChI is InChI=1S/C40H42F2N6O2/c1-22-12-33-40(10-3-11-48(22,33)20-26(41)16-40)21-50-39-45-37-32(38(46-39)47-18-27-8-9-28(19-47)44-27)14-25(17-43)35(36(37)42)31-15-29(49)13-24-4-2-5-30(34(24)31)23-6-7-23/h2,4-5,13-15,22-23,26-28,33,44H,3,6-12,16,18-21H2,1H3/p+1/t22?,26?,27?,28?,33?,40-,48?/m0/s1. The summed E-state index contributed by atoms with van der Waals surface area (Å²) >= 11 is 0. The van der Waals surface area contributed by atoms with Gasteiger partial charge in [0, 0.05) is 36.1 Å². The molecular formula is C40H43F2N6O2+. The highest BCUT2D eigenvalue weighted by atomic mass is 19.1. The lowest BCUT2D eigenvalue weighted by Gasteiger charge is -2.69. The molecule has 6 fully saturated rings. The SMILES string of the molecule is CC1CC2[C@@]3(COc4nc(N5CC6CCC(C5)N6)c5cc(C#N)c(-c6cc(O)cc7cccc(C8CC8)c67)c(F)c5n4)CCC[N+]12CC(F)C3. The topological polar surface area (TPSA) is 94.3 Å². The number of nitrogens with one attached hydrogen (secondary N) is 1. The van der Waals surface area contributed by atoms with Gasteiger partial charge in [-0.1, -0.05) is 18.2 Å². The van der Waals surface area contributed by atoms with Gasteiger partial charge in [0.2, 0.25) is 0 Å². The monoisotopic (exact) mass is 677 g/mol. The van der Waals surface area contributed by atoms with Crippen molar-refractivity contribution in [3.05, 3.63) is 53.3 Å². The van der Waals surface area contributed by atoms with Crippen molar-refractivity contribution in [3.8, 4) is 29.0 Å². The molecule has 1 aliphatic carbocycles. The molecule has 258 valence electrons. The molecule has 0 radical (unpaired) electrons. The average molecular weight is 678 g/mol. The van der Waals surface area contributed by atoms with Crippen LogP contribution < -0.4 is 15.0 Å². The Morgan fingerprint density at radius 1 is 1.14 bits per heavy atom. The fourth-order valence-electron chi connectivity index (χ4n) is 11.1. The smallest absolute Gasteiger partial charge is 0.319 e. The van der Waals surface area contributed by atoms with Crippen molar-refractivity contribution >= 4 is 27.5 Å². The maximum Gasteiger partial charge on any atom is 0.319 e. The van der Waals surface area contributed by atoms with Crippen LogP contribution in [0.2, 0.25) is 0 Å². The molecular weight excluding hydrogens is 634 g/mol. The van der Waals surface area contributed by atoms with Crippen LogP contribution in [0.15, 0.2) is 36.4 Å². The molecule has 5 saturated heterocycles. The van der Waals surface area contributed by atoms with Gasteiger partial charge in [0.1, 0.15) is 42.4 Å². The number of aromatic nitrogens is 2. The molecule has 6 aliphatic rings. The molecule has 4 bridgehead atoms. The Kier molecular flexibility index (Phi) is 6.74. The number of rotatable bonds is 6. The van der Waals surface area contributed by atoms with E-state index in [2.05, 4.69) is 29.3 Å². The molecule has 8 nitrogen and oxygen atoms in total. The van der Waals surface area contributed by atoms with Gasteiger partial charge in [0.25, 0.3) is 0 Å². The Balaban J connectivity index is 1.13. The van der Waals surface area contributed by atoms with Gasteiger partial charge < -0.3 is 24.5 Å². The van der Waals surface area contributed by atoms with E-state index in [9.17, 15) is 10.4 Å². The molecule has 6 heterocycles. The van der Waals surface area contributed by atoms with Crippen LogP contribution in [0, 0.1) is 22.6 Å². The summed E-state index contributed by atoms with van der Waals surface area (Å²) in [4.78, 5) is 12.0. The number of fused-ring (bicyclic) bond motifs is 4. The van der Waals surface area contributed by atoms with Crippen molar-refractivity contribution in [2.75, 3.05) is 37.7 Å². The number of piperazine rings is 1. The first-order chi connectivity index (χ1) is 24.2. The van der Waals surface area contributed by atoms with Crippen LogP contribution >= 0.6 is 0 Å². The maximum atomic E-state index is 17.5. The quantitative estimate of drug-likeness (QED) is 0.215. The minimum Gasteiger partial charge on any atom is -0.508 e. The van der Waals surface area contributed by atoms with Crippen molar-refractivity contribution in [2.45, 2.75) is 94.5 Å². The highest BCUT2D eigenvalue weighted by Crippen LogP contribution is 2.57. The molecule has 10 rings (SSSR count). The number of hydrogen-bond acceptors (Lipinski definition) is 7. The van der Waals surface area contributed by atoms with Crippen LogP contribution in [-0.2, 0) is 0 Å². The van der Waals surface area contributed by atoms with Crippen LogP contribution in [-0.4, -0.2) is 82.7 Å². The second kappa shape index (κ2) is 11.0. The van der Waals surface area contributed by atoms with Gasteiger partial charge in [0.15, 0.2) is 5.82 Å². The number of nitriles is 1. The number of piperidine rings is 2. The number of aromatic hydroxyl groups is 1. The third-order valence-corrected chi connectivity index (χ3v) is 13.5. The van der Waals surface area contributed by atoms with Crippen LogP contribution in [0.1, 0.15) is 75.3 Å². The Hall–Kier alpha value is -4.07. The minimum absolute atomic E-state index is 0.0118. The summed E-state index contributed by atoms with van der Waals surface area (Å²) in [7, 11) is 0. The second-order valence-corrected chi connectivity index (χ2v) is 16.4. The van der Waals surface area contributed by atoms with Crippen molar-refractivity contribution in [3.63, 3.8) is 0 Å². The number of anilines is 1. The fourth-order valence-corrected chi connectivity index (χ4v) is 11.1. The molecule has 2 N–H and O–H groups in total.